The summed E-state index contributed by atoms with van der Waals surface area (Å²) in [5, 5.41) is 10.4. The number of hydrogen-bond acceptors (Lipinski definition) is 5. The van der Waals surface area contributed by atoms with Crippen molar-refractivity contribution in [1.82, 2.24) is 15.0 Å². The van der Waals surface area contributed by atoms with Crippen LogP contribution in [-0.4, -0.2) is 35.6 Å². The van der Waals surface area contributed by atoms with Gasteiger partial charge in [-0.25, -0.2) is 13.1 Å². The molecule has 0 atom stereocenters. The van der Waals surface area contributed by atoms with Crippen LogP contribution < -0.4 is 10.0 Å². The molecule has 1 aromatic heterocycles. The van der Waals surface area contributed by atoms with E-state index in [4.69, 9.17) is 23.2 Å². The normalized spacial score (nSPS) is 11.2. The Labute approximate surface area is 136 Å². The van der Waals surface area contributed by atoms with Crippen molar-refractivity contribution in [2.75, 3.05) is 16.3 Å². The second-order valence-corrected chi connectivity index (χ2v) is 6.88. The highest BCUT2D eigenvalue weighted by Gasteiger charge is 2.12. The molecular formula is C11H11Cl2N5O3S. The van der Waals surface area contributed by atoms with E-state index in [0.717, 1.165) is 6.26 Å². The summed E-state index contributed by atoms with van der Waals surface area (Å²) in [6.07, 6.45) is 2.27. The molecule has 0 radical (unpaired) electrons. The molecule has 8 nitrogen and oxygen atoms in total. The number of sulfonamides is 1. The summed E-state index contributed by atoms with van der Waals surface area (Å²) in [7, 11) is -3.45. The number of hydrogen-bond donors (Lipinski definition) is 2. The van der Waals surface area contributed by atoms with E-state index >= 15 is 0 Å². The van der Waals surface area contributed by atoms with Gasteiger partial charge in [-0.15, -0.1) is 5.10 Å². The highest BCUT2D eigenvalue weighted by atomic mass is 35.5. The van der Waals surface area contributed by atoms with Crippen LogP contribution >= 0.6 is 23.2 Å². The SMILES string of the molecule is CS(=O)(=O)Nc1cn(CC(=O)Nc2c(Cl)cccc2Cl)nn1. The number of benzene rings is 1. The minimum absolute atomic E-state index is 0.0195. The van der Waals surface area contributed by atoms with E-state index in [9.17, 15) is 13.2 Å². The maximum Gasteiger partial charge on any atom is 0.246 e. The van der Waals surface area contributed by atoms with Crippen LogP contribution in [0.1, 0.15) is 0 Å². The number of amides is 1. The number of nitrogens with zero attached hydrogens (tertiary/aromatic N) is 3. The molecule has 0 aliphatic heterocycles. The second kappa shape index (κ2) is 6.51. The number of carbonyl (C=O) groups excluding carboxylic acids is 1. The Morgan fingerprint density at radius 1 is 1.32 bits per heavy atom. The average molecular weight is 364 g/mol. The molecule has 118 valence electrons. The molecule has 2 aromatic rings. The van der Waals surface area contributed by atoms with Crippen LogP contribution in [0.15, 0.2) is 24.4 Å². The number of aromatic nitrogens is 3. The molecule has 0 fully saturated rings. The first-order valence-electron chi connectivity index (χ1n) is 5.86. The zero-order chi connectivity index (χ0) is 16.3. The third-order valence-corrected chi connectivity index (χ3v) is 3.57. The fourth-order valence-corrected chi connectivity index (χ4v) is 2.52. The highest BCUT2D eigenvalue weighted by molar-refractivity contribution is 7.92. The van der Waals surface area contributed by atoms with Gasteiger partial charge >= 0.3 is 0 Å². The van der Waals surface area contributed by atoms with Crippen molar-refractivity contribution in [2.45, 2.75) is 6.54 Å². The Kier molecular flexibility index (Phi) is 4.89. The summed E-state index contributed by atoms with van der Waals surface area (Å²) >= 11 is 11.9. The van der Waals surface area contributed by atoms with Gasteiger partial charge < -0.3 is 5.32 Å². The summed E-state index contributed by atoms with van der Waals surface area (Å²) in [6, 6.07) is 4.83. The van der Waals surface area contributed by atoms with E-state index < -0.39 is 15.9 Å². The first-order valence-corrected chi connectivity index (χ1v) is 8.51. The van der Waals surface area contributed by atoms with Gasteiger partial charge in [0.05, 0.1) is 28.2 Å². The fraction of sp³-hybridized carbons (Fsp3) is 0.182. The topological polar surface area (TPSA) is 106 Å². The van der Waals surface area contributed by atoms with E-state index in [2.05, 4.69) is 20.4 Å². The minimum Gasteiger partial charge on any atom is -0.322 e. The fourth-order valence-electron chi connectivity index (χ4n) is 1.56. The Hall–Kier alpha value is -1.84. The van der Waals surface area contributed by atoms with Gasteiger partial charge in [-0.3, -0.25) is 9.52 Å². The quantitative estimate of drug-likeness (QED) is 0.838. The predicted molar refractivity (Wildman–Crippen MR) is 83.6 cm³/mol. The molecule has 0 saturated heterocycles. The number of para-hydroxylation sites is 1. The van der Waals surface area contributed by atoms with Crippen molar-refractivity contribution in [3.63, 3.8) is 0 Å². The smallest absolute Gasteiger partial charge is 0.246 e. The Bertz CT molecular complexity index is 786. The second-order valence-electron chi connectivity index (χ2n) is 4.32. The van der Waals surface area contributed by atoms with Gasteiger partial charge in [-0.05, 0) is 12.1 Å². The lowest BCUT2D eigenvalue weighted by Gasteiger charge is -2.08. The molecule has 0 aliphatic rings. The molecule has 0 aliphatic carbocycles. The molecule has 11 heteroatoms. The molecule has 22 heavy (non-hydrogen) atoms. The summed E-state index contributed by atoms with van der Waals surface area (Å²) in [5.41, 5.74) is 0.297. The molecule has 1 heterocycles. The molecular weight excluding hydrogens is 353 g/mol. The lowest BCUT2D eigenvalue weighted by atomic mass is 10.3. The summed E-state index contributed by atoms with van der Waals surface area (Å²) in [5.74, 6) is -0.420. The molecule has 1 aromatic carbocycles. The molecule has 0 saturated carbocycles. The standard InChI is InChI=1S/C11H11Cl2N5O3S/c1-22(20,21)16-9-5-18(17-15-9)6-10(19)14-11-7(12)3-2-4-8(11)13/h2-5,16H,6H2,1H3,(H,14,19). The van der Waals surface area contributed by atoms with Crippen molar-refractivity contribution in [2.24, 2.45) is 0 Å². The van der Waals surface area contributed by atoms with Crippen molar-refractivity contribution < 1.29 is 13.2 Å². The van der Waals surface area contributed by atoms with Crippen LogP contribution in [0, 0.1) is 0 Å². The maximum atomic E-state index is 11.9. The largest absolute Gasteiger partial charge is 0.322 e. The minimum atomic E-state index is -3.45. The van der Waals surface area contributed by atoms with Gasteiger partial charge in [0.15, 0.2) is 5.82 Å². The van der Waals surface area contributed by atoms with Gasteiger partial charge in [0, 0.05) is 0 Å². The molecule has 0 spiro atoms. The Balaban J connectivity index is 2.04. The number of anilines is 2. The van der Waals surface area contributed by atoms with Crippen LogP contribution in [0.2, 0.25) is 10.0 Å². The van der Waals surface area contributed by atoms with Gasteiger partial charge in [0.25, 0.3) is 0 Å². The van der Waals surface area contributed by atoms with Crippen LogP contribution in [-0.2, 0) is 21.4 Å². The third-order valence-electron chi connectivity index (χ3n) is 2.36. The van der Waals surface area contributed by atoms with Gasteiger partial charge in [0.2, 0.25) is 15.9 Å². The van der Waals surface area contributed by atoms with Crippen molar-refractivity contribution in [3.05, 3.63) is 34.4 Å². The monoisotopic (exact) mass is 363 g/mol. The van der Waals surface area contributed by atoms with Gasteiger partial charge in [-0.1, -0.05) is 34.5 Å². The zero-order valence-electron chi connectivity index (χ0n) is 11.2. The molecule has 2 N–H and O–H groups in total. The number of rotatable bonds is 5. The summed E-state index contributed by atoms with van der Waals surface area (Å²) in [6.45, 7) is -0.181. The Morgan fingerprint density at radius 3 is 2.55 bits per heavy atom. The maximum absolute atomic E-state index is 11.9. The highest BCUT2D eigenvalue weighted by Crippen LogP contribution is 2.29. The lowest BCUT2D eigenvalue weighted by Crippen LogP contribution is -2.19. The van der Waals surface area contributed by atoms with Crippen LogP contribution in [0.25, 0.3) is 0 Å². The van der Waals surface area contributed by atoms with Gasteiger partial charge in [0.1, 0.15) is 6.54 Å². The average Bonchev–Trinajstić information content (AvgIpc) is 2.79. The van der Waals surface area contributed by atoms with E-state index in [1.165, 1.54) is 10.9 Å². The van der Waals surface area contributed by atoms with E-state index in [1.54, 1.807) is 18.2 Å². The first-order chi connectivity index (χ1) is 10.2. The van der Waals surface area contributed by atoms with Crippen molar-refractivity contribution in [3.8, 4) is 0 Å². The summed E-state index contributed by atoms with van der Waals surface area (Å²) in [4.78, 5) is 11.9. The first kappa shape index (κ1) is 16.5. The molecule has 1 amide bonds. The van der Waals surface area contributed by atoms with Crippen LogP contribution in [0.5, 0.6) is 0 Å². The zero-order valence-corrected chi connectivity index (χ0v) is 13.6. The van der Waals surface area contributed by atoms with E-state index in [-0.39, 0.29) is 12.4 Å². The van der Waals surface area contributed by atoms with Crippen molar-refractivity contribution in [1.29, 1.82) is 0 Å². The number of halogens is 2. The van der Waals surface area contributed by atoms with Crippen molar-refractivity contribution >= 4 is 50.6 Å². The Morgan fingerprint density at radius 2 is 1.95 bits per heavy atom. The van der Waals surface area contributed by atoms with E-state index in [1.807, 2.05) is 0 Å². The third kappa shape index (κ3) is 4.58. The number of carbonyl (C=O) groups is 1. The predicted octanol–water partition coefficient (Wildman–Crippen LogP) is 1.60. The van der Waals surface area contributed by atoms with Crippen LogP contribution in [0.3, 0.4) is 0 Å². The molecule has 2 rings (SSSR count). The van der Waals surface area contributed by atoms with E-state index in [0.29, 0.717) is 15.7 Å². The molecule has 0 unspecified atom stereocenters. The van der Waals surface area contributed by atoms with Gasteiger partial charge in [-0.2, -0.15) is 0 Å². The lowest BCUT2D eigenvalue weighted by molar-refractivity contribution is -0.116. The summed E-state index contributed by atoms with van der Waals surface area (Å²) < 4.78 is 25.4. The van der Waals surface area contributed by atoms with Crippen LogP contribution in [0.4, 0.5) is 11.5 Å². The number of nitrogens with one attached hydrogen (secondary N) is 2. The molecule has 0 bridgehead atoms.